The zero-order valence-electron chi connectivity index (χ0n) is 14.0. The number of anilines is 1. The fraction of sp³-hybridized carbons (Fsp3) is 0.611. The van der Waals surface area contributed by atoms with Gasteiger partial charge in [0.25, 0.3) is 0 Å². The molecule has 2 fully saturated rings. The fourth-order valence-electron chi connectivity index (χ4n) is 3.35. The minimum atomic E-state index is 0.341. The Balaban J connectivity index is 1.39. The third-order valence-electron chi connectivity index (χ3n) is 4.71. The number of benzene rings is 1. The summed E-state index contributed by atoms with van der Waals surface area (Å²) >= 11 is 0. The van der Waals surface area contributed by atoms with E-state index in [1.54, 1.807) is 0 Å². The van der Waals surface area contributed by atoms with Crippen LogP contribution in [0.4, 0.5) is 5.69 Å². The Labute approximate surface area is 139 Å². The molecule has 2 atom stereocenters. The molecule has 2 aliphatic heterocycles. The Morgan fingerprint density at radius 2 is 2.04 bits per heavy atom. The summed E-state index contributed by atoms with van der Waals surface area (Å²) in [6.07, 6.45) is 3.90. The molecular formula is C18H28N4O. The Morgan fingerprint density at radius 1 is 1.22 bits per heavy atom. The largest absolute Gasteiger partial charge is 0.376 e. The second-order valence-electron chi connectivity index (χ2n) is 6.41. The van der Waals surface area contributed by atoms with Crippen LogP contribution < -0.4 is 15.5 Å². The minimum absolute atomic E-state index is 0.341. The van der Waals surface area contributed by atoms with Gasteiger partial charge >= 0.3 is 0 Å². The Hall–Kier alpha value is -1.75. The lowest BCUT2D eigenvalue weighted by Crippen LogP contribution is -2.43. The van der Waals surface area contributed by atoms with Gasteiger partial charge in [-0.25, -0.2) is 0 Å². The van der Waals surface area contributed by atoms with Crippen LogP contribution in [-0.2, 0) is 4.74 Å². The summed E-state index contributed by atoms with van der Waals surface area (Å²) in [6.45, 7) is 4.96. The summed E-state index contributed by atoms with van der Waals surface area (Å²) in [4.78, 5) is 6.78. The van der Waals surface area contributed by atoms with E-state index < -0.39 is 0 Å². The molecule has 5 heteroatoms. The standard InChI is InChI=1S/C18H28N4O/c1-19-18(21-13-17-8-5-11-23-17)20-12-15-9-10-22(14-15)16-6-3-2-4-7-16/h2-4,6-7,15,17H,5,8-14H2,1H3,(H2,19,20,21). The molecule has 0 saturated carbocycles. The molecule has 2 N–H and O–H groups in total. The van der Waals surface area contributed by atoms with Gasteiger partial charge in [0, 0.05) is 45.5 Å². The maximum atomic E-state index is 5.64. The van der Waals surface area contributed by atoms with E-state index in [4.69, 9.17) is 4.74 Å². The summed E-state index contributed by atoms with van der Waals surface area (Å²) in [5.74, 6) is 1.55. The number of rotatable bonds is 5. The van der Waals surface area contributed by atoms with Crippen LogP contribution >= 0.6 is 0 Å². The molecule has 2 saturated heterocycles. The van der Waals surface area contributed by atoms with Gasteiger partial charge in [-0.05, 0) is 37.3 Å². The van der Waals surface area contributed by atoms with Crippen LogP contribution in [0, 0.1) is 5.92 Å². The highest BCUT2D eigenvalue weighted by Crippen LogP contribution is 2.22. The predicted octanol–water partition coefficient (Wildman–Crippen LogP) is 1.86. The van der Waals surface area contributed by atoms with Gasteiger partial charge < -0.3 is 20.3 Å². The maximum Gasteiger partial charge on any atom is 0.191 e. The molecule has 0 amide bonds. The lowest BCUT2D eigenvalue weighted by Gasteiger charge is -2.20. The van der Waals surface area contributed by atoms with Crippen molar-refractivity contribution in [2.24, 2.45) is 10.9 Å². The van der Waals surface area contributed by atoms with Gasteiger partial charge in [0.2, 0.25) is 0 Å². The molecule has 0 aromatic heterocycles. The number of aliphatic imine (C=N–C) groups is 1. The highest BCUT2D eigenvalue weighted by molar-refractivity contribution is 5.79. The van der Waals surface area contributed by atoms with E-state index >= 15 is 0 Å². The van der Waals surface area contributed by atoms with E-state index in [1.807, 2.05) is 7.05 Å². The number of ether oxygens (including phenoxy) is 1. The first-order valence-electron chi connectivity index (χ1n) is 8.71. The fourth-order valence-corrected chi connectivity index (χ4v) is 3.35. The molecular weight excluding hydrogens is 288 g/mol. The van der Waals surface area contributed by atoms with Crippen LogP contribution in [0.1, 0.15) is 19.3 Å². The molecule has 2 heterocycles. The normalized spacial score (nSPS) is 24.9. The number of guanidine groups is 1. The van der Waals surface area contributed by atoms with Crippen molar-refractivity contribution in [2.75, 3.05) is 44.7 Å². The molecule has 2 unspecified atom stereocenters. The van der Waals surface area contributed by atoms with Crippen molar-refractivity contribution in [3.63, 3.8) is 0 Å². The van der Waals surface area contributed by atoms with Gasteiger partial charge in [0.1, 0.15) is 0 Å². The molecule has 5 nitrogen and oxygen atoms in total. The first kappa shape index (κ1) is 16.1. The number of nitrogens with zero attached hydrogens (tertiary/aromatic N) is 2. The molecule has 0 radical (unpaired) electrons. The summed E-state index contributed by atoms with van der Waals surface area (Å²) in [6, 6.07) is 10.7. The van der Waals surface area contributed by atoms with Crippen LogP contribution in [0.25, 0.3) is 0 Å². The molecule has 126 valence electrons. The topological polar surface area (TPSA) is 48.9 Å². The maximum absolute atomic E-state index is 5.64. The first-order chi connectivity index (χ1) is 11.3. The first-order valence-corrected chi connectivity index (χ1v) is 8.71. The zero-order valence-corrected chi connectivity index (χ0v) is 14.0. The van der Waals surface area contributed by atoms with E-state index in [0.29, 0.717) is 12.0 Å². The van der Waals surface area contributed by atoms with Crippen molar-refractivity contribution in [3.8, 4) is 0 Å². The highest BCUT2D eigenvalue weighted by Gasteiger charge is 2.23. The average molecular weight is 316 g/mol. The smallest absolute Gasteiger partial charge is 0.191 e. The second-order valence-corrected chi connectivity index (χ2v) is 6.41. The monoisotopic (exact) mass is 316 g/mol. The molecule has 3 rings (SSSR count). The van der Waals surface area contributed by atoms with Crippen molar-refractivity contribution in [1.82, 2.24) is 10.6 Å². The highest BCUT2D eigenvalue weighted by atomic mass is 16.5. The third kappa shape index (κ3) is 4.61. The van der Waals surface area contributed by atoms with Crippen molar-refractivity contribution in [2.45, 2.75) is 25.4 Å². The molecule has 0 spiro atoms. The van der Waals surface area contributed by atoms with Crippen LogP contribution in [0.3, 0.4) is 0 Å². The van der Waals surface area contributed by atoms with Crippen LogP contribution in [-0.4, -0.2) is 51.9 Å². The van der Waals surface area contributed by atoms with Gasteiger partial charge in [-0.1, -0.05) is 18.2 Å². The summed E-state index contributed by atoms with van der Waals surface area (Å²) in [5.41, 5.74) is 1.33. The van der Waals surface area contributed by atoms with Crippen molar-refractivity contribution in [3.05, 3.63) is 30.3 Å². The summed E-state index contributed by atoms with van der Waals surface area (Å²) in [5, 5.41) is 6.84. The minimum Gasteiger partial charge on any atom is -0.376 e. The van der Waals surface area contributed by atoms with Gasteiger partial charge in [0.05, 0.1) is 6.10 Å². The quantitative estimate of drug-likeness (QED) is 0.643. The van der Waals surface area contributed by atoms with E-state index in [0.717, 1.165) is 45.2 Å². The SMILES string of the molecule is CN=C(NCC1CCN(c2ccccc2)C1)NCC1CCCO1. The predicted molar refractivity (Wildman–Crippen MR) is 95.1 cm³/mol. The molecule has 23 heavy (non-hydrogen) atoms. The van der Waals surface area contributed by atoms with Crippen LogP contribution in [0.15, 0.2) is 35.3 Å². The van der Waals surface area contributed by atoms with E-state index in [2.05, 4.69) is 50.9 Å². The summed E-state index contributed by atoms with van der Waals surface area (Å²) in [7, 11) is 1.83. The number of hydrogen-bond donors (Lipinski definition) is 2. The Bertz CT molecular complexity index is 499. The number of nitrogens with one attached hydrogen (secondary N) is 2. The number of hydrogen-bond acceptors (Lipinski definition) is 3. The van der Waals surface area contributed by atoms with Gasteiger partial charge in [-0.2, -0.15) is 0 Å². The number of para-hydroxylation sites is 1. The van der Waals surface area contributed by atoms with E-state index in [1.165, 1.54) is 18.5 Å². The van der Waals surface area contributed by atoms with Crippen LogP contribution in [0.5, 0.6) is 0 Å². The molecule has 0 aliphatic carbocycles. The summed E-state index contributed by atoms with van der Waals surface area (Å²) < 4.78 is 5.64. The van der Waals surface area contributed by atoms with E-state index in [-0.39, 0.29) is 0 Å². The third-order valence-corrected chi connectivity index (χ3v) is 4.71. The van der Waals surface area contributed by atoms with Gasteiger partial charge in [-0.3, -0.25) is 4.99 Å². The van der Waals surface area contributed by atoms with Gasteiger partial charge in [-0.15, -0.1) is 0 Å². The molecule has 0 bridgehead atoms. The lowest BCUT2D eigenvalue weighted by atomic mass is 10.1. The Kier molecular flexibility index (Phi) is 5.75. The van der Waals surface area contributed by atoms with Crippen molar-refractivity contribution < 1.29 is 4.74 Å². The van der Waals surface area contributed by atoms with Crippen LogP contribution in [0.2, 0.25) is 0 Å². The van der Waals surface area contributed by atoms with E-state index in [9.17, 15) is 0 Å². The lowest BCUT2D eigenvalue weighted by molar-refractivity contribution is 0.114. The molecule has 2 aliphatic rings. The average Bonchev–Trinajstić information content (AvgIpc) is 3.27. The van der Waals surface area contributed by atoms with Crippen molar-refractivity contribution in [1.29, 1.82) is 0 Å². The van der Waals surface area contributed by atoms with Crippen molar-refractivity contribution >= 4 is 11.6 Å². The second kappa shape index (κ2) is 8.20. The Morgan fingerprint density at radius 3 is 2.78 bits per heavy atom. The van der Waals surface area contributed by atoms with Gasteiger partial charge in [0.15, 0.2) is 5.96 Å². The molecule has 1 aromatic rings. The zero-order chi connectivity index (χ0) is 15.9. The molecule has 1 aromatic carbocycles.